The van der Waals surface area contributed by atoms with Crippen LogP contribution in [-0.4, -0.2) is 23.1 Å². The topological polar surface area (TPSA) is 58.4 Å². The second kappa shape index (κ2) is 5.77. The largest absolute Gasteiger partial charge is 0.361 e. The molecule has 0 spiro atoms. The van der Waals surface area contributed by atoms with Gasteiger partial charge in [0.2, 0.25) is 0 Å². The standard InChI is InChI=1S/C15H19N3O2/c1-10-6-5-7-11(2)14(10)16-15(19)18(4)9-13-8-12(3)20-17-13/h5-8H,9H2,1-4H3,(H,16,19). The molecule has 0 bridgehead atoms. The highest BCUT2D eigenvalue weighted by atomic mass is 16.5. The molecule has 0 unspecified atom stereocenters. The molecular formula is C15H19N3O2. The number of urea groups is 1. The van der Waals surface area contributed by atoms with Gasteiger partial charge in [0, 0.05) is 18.8 Å². The monoisotopic (exact) mass is 273 g/mol. The average molecular weight is 273 g/mol. The molecule has 5 heteroatoms. The van der Waals surface area contributed by atoms with Crippen LogP contribution in [0, 0.1) is 20.8 Å². The molecule has 1 aromatic carbocycles. The van der Waals surface area contributed by atoms with Crippen LogP contribution in [0.15, 0.2) is 28.8 Å². The van der Waals surface area contributed by atoms with E-state index in [4.69, 9.17) is 4.52 Å². The molecule has 0 fully saturated rings. The van der Waals surface area contributed by atoms with Gasteiger partial charge in [0.25, 0.3) is 0 Å². The van der Waals surface area contributed by atoms with Crippen molar-refractivity contribution in [2.75, 3.05) is 12.4 Å². The Morgan fingerprint density at radius 2 is 1.95 bits per heavy atom. The minimum absolute atomic E-state index is 0.164. The normalized spacial score (nSPS) is 10.4. The van der Waals surface area contributed by atoms with Crippen molar-refractivity contribution in [2.24, 2.45) is 0 Å². The Bertz CT molecular complexity index is 599. The maximum absolute atomic E-state index is 12.2. The van der Waals surface area contributed by atoms with E-state index in [1.807, 2.05) is 45.0 Å². The fourth-order valence-corrected chi connectivity index (χ4v) is 2.02. The summed E-state index contributed by atoms with van der Waals surface area (Å²) in [4.78, 5) is 13.8. The molecule has 2 aromatic rings. The molecule has 106 valence electrons. The van der Waals surface area contributed by atoms with E-state index in [2.05, 4.69) is 10.5 Å². The average Bonchev–Trinajstić information content (AvgIpc) is 2.79. The van der Waals surface area contributed by atoms with E-state index in [1.165, 1.54) is 0 Å². The summed E-state index contributed by atoms with van der Waals surface area (Å²) in [5.41, 5.74) is 3.69. The third kappa shape index (κ3) is 3.17. The molecule has 2 amide bonds. The number of anilines is 1. The van der Waals surface area contributed by atoms with Gasteiger partial charge in [0.05, 0.1) is 6.54 Å². The molecular weight excluding hydrogens is 254 g/mol. The Labute approximate surface area is 118 Å². The maximum Gasteiger partial charge on any atom is 0.321 e. The first-order chi connectivity index (χ1) is 9.47. The van der Waals surface area contributed by atoms with Crippen LogP contribution in [0.25, 0.3) is 0 Å². The van der Waals surface area contributed by atoms with Gasteiger partial charge < -0.3 is 14.7 Å². The number of para-hydroxylation sites is 1. The van der Waals surface area contributed by atoms with Crippen LogP contribution in [0.1, 0.15) is 22.6 Å². The van der Waals surface area contributed by atoms with Crippen molar-refractivity contribution in [3.05, 3.63) is 46.8 Å². The third-order valence-electron chi connectivity index (χ3n) is 3.14. The van der Waals surface area contributed by atoms with Crippen LogP contribution in [-0.2, 0) is 6.54 Å². The number of benzene rings is 1. The molecule has 0 radical (unpaired) electrons. The number of carbonyl (C=O) groups is 1. The number of nitrogens with one attached hydrogen (secondary N) is 1. The molecule has 0 aliphatic rings. The number of aryl methyl sites for hydroxylation is 3. The van der Waals surface area contributed by atoms with Crippen molar-refractivity contribution in [1.82, 2.24) is 10.1 Å². The zero-order valence-electron chi connectivity index (χ0n) is 12.2. The van der Waals surface area contributed by atoms with E-state index in [0.717, 1.165) is 28.3 Å². The minimum Gasteiger partial charge on any atom is -0.361 e. The smallest absolute Gasteiger partial charge is 0.321 e. The van der Waals surface area contributed by atoms with E-state index in [-0.39, 0.29) is 6.03 Å². The summed E-state index contributed by atoms with van der Waals surface area (Å²) in [6.45, 7) is 6.19. The molecule has 0 atom stereocenters. The Hall–Kier alpha value is -2.30. The Morgan fingerprint density at radius 1 is 1.30 bits per heavy atom. The van der Waals surface area contributed by atoms with Crippen LogP contribution < -0.4 is 5.32 Å². The van der Waals surface area contributed by atoms with Gasteiger partial charge in [-0.3, -0.25) is 0 Å². The first-order valence-corrected chi connectivity index (χ1v) is 6.48. The van der Waals surface area contributed by atoms with Crippen LogP contribution in [0.2, 0.25) is 0 Å². The van der Waals surface area contributed by atoms with Crippen molar-refractivity contribution >= 4 is 11.7 Å². The van der Waals surface area contributed by atoms with Crippen LogP contribution in [0.5, 0.6) is 0 Å². The summed E-state index contributed by atoms with van der Waals surface area (Å²) in [6, 6.07) is 7.58. The number of amides is 2. The second-order valence-electron chi connectivity index (χ2n) is 4.98. The van der Waals surface area contributed by atoms with Gasteiger partial charge in [0.15, 0.2) is 0 Å². The molecule has 1 heterocycles. The lowest BCUT2D eigenvalue weighted by Gasteiger charge is -2.18. The number of aromatic nitrogens is 1. The zero-order chi connectivity index (χ0) is 14.7. The van der Waals surface area contributed by atoms with Crippen LogP contribution >= 0.6 is 0 Å². The minimum atomic E-state index is -0.164. The van der Waals surface area contributed by atoms with Crippen LogP contribution in [0.4, 0.5) is 10.5 Å². The molecule has 0 aliphatic carbocycles. The van der Waals surface area contributed by atoms with Crippen LogP contribution in [0.3, 0.4) is 0 Å². The second-order valence-corrected chi connectivity index (χ2v) is 4.98. The Balaban J connectivity index is 2.04. The van der Waals surface area contributed by atoms with Gasteiger partial charge in [0.1, 0.15) is 11.5 Å². The van der Waals surface area contributed by atoms with Gasteiger partial charge in [-0.15, -0.1) is 0 Å². The fraction of sp³-hybridized carbons (Fsp3) is 0.333. The molecule has 5 nitrogen and oxygen atoms in total. The van der Waals surface area contributed by atoms with Gasteiger partial charge in [-0.2, -0.15) is 0 Å². The van der Waals surface area contributed by atoms with E-state index >= 15 is 0 Å². The third-order valence-corrected chi connectivity index (χ3v) is 3.14. The highest BCUT2D eigenvalue weighted by Crippen LogP contribution is 2.20. The van der Waals surface area contributed by atoms with Gasteiger partial charge in [-0.25, -0.2) is 4.79 Å². The van der Waals surface area contributed by atoms with E-state index < -0.39 is 0 Å². The number of rotatable bonds is 3. The number of hydrogen-bond donors (Lipinski definition) is 1. The van der Waals surface area contributed by atoms with Gasteiger partial charge in [-0.1, -0.05) is 23.4 Å². The zero-order valence-corrected chi connectivity index (χ0v) is 12.2. The lowest BCUT2D eigenvalue weighted by molar-refractivity contribution is 0.219. The highest BCUT2D eigenvalue weighted by molar-refractivity contribution is 5.90. The molecule has 1 N–H and O–H groups in total. The SMILES string of the molecule is Cc1cc(CN(C)C(=O)Nc2c(C)cccc2C)no1. The summed E-state index contributed by atoms with van der Waals surface area (Å²) < 4.78 is 4.99. The first kappa shape index (κ1) is 14.1. The molecule has 20 heavy (non-hydrogen) atoms. The molecule has 0 aliphatic heterocycles. The Kier molecular flexibility index (Phi) is 4.08. The molecule has 2 rings (SSSR count). The summed E-state index contributed by atoms with van der Waals surface area (Å²) in [5, 5.41) is 6.82. The number of nitrogens with zero attached hydrogens (tertiary/aromatic N) is 2. The maximum atomic E-state index is 12.2. The predicted octanol–water partition coefficient (Wildman–Crippen LogP) is 3.26. The number of hydrogen-bond acceptors (Lipinski definition) is 3. The fourth-order valence-electron chi connectivity index (χ4n) is 2.02. The summed E-state index contributed by atoms with van der Waals surface area (Å²) in [6.07, 6.45) is 0. The van der Waals surface area contributed by atoms with E-state index in [9.17, 15) is 4.79 Å². The summed E-state index contributed by atoms with van der Waals surface area (Å²) >= 11 is 0. The summed E-state index contributed by atoms with van der Waals surface area (Å²) in [5.74, 6) is 0.739. The molecule has 0 saturated heterocycles. The van der Waals surface area contributed by atoms with Crippen molar-refractivity contribution in [1.29, 1.82) is 0 Å². The number of carbonyl (C=O) groups excluding carboxylic acids is 1. The van der Waals surface area contributed by atoms with E-state index in [1.54, 1.807) is 11.9 Å². The van der Waals surface area contributed by atoms with Crippen molar-refractivity contribution in [3.63, 3.8) is 0 Å². The van der Waals surface area contributed by atoms with Crippen molar-refractivity contribution < 1.29 is 9.32 Å². The van der Waals surface area contributed by atoms with Crippen molar-refractivity contribution in [3.8, 4) is 0 Å². The van der Waals surface area contributed by atoms with Gasteiger partial charge >= 0.3 is 6.03 Å². The Morgan fingerprint density at radius 3 is 2.50 bits per heavy atom. The molecule has 0 saturated carbocycles. The quantitative estimate of drug-likeness (QED) is 0.933. The van der Waals surface area contributed by atoms with E-state index in [0.29, 0.717) is 6.54 Å². The highest BCUT2D eigenvalue weighted by Gasteiger charge is 2.13. The van der Waals surface area contributed by atoms with Crippen molar-refractivity contribution in [2.45, 2.75) is 27.3 Å². The lowest BCUT2D eigenvalue weighted by Crippen LogP contribution is -2.31. The molecule has 1 aromatic heterocycles. The predicted molar refractivity (Wildman–Crippen MR) is 77.6 cm³/mol. The summed E-state index contributed by atoms with van der Waals surface area (Å²) in [7, 11) is 1.73. The first-order valence-electron chi connectivity index (χ1n) is 6.48. The lowest BCUT2D eigenvalue weighted by atomic mass is 10.1. The van der Waals surface area contributed by atoms with Gasteiger partial charge in [-0.05, 0) is 31.9 Å².